The summed E-state index contributed by atoms with van der Waals surface area (Å²) < 4.78 is 5.62. The molecule has 0 radical (unpaired) electrons. The lowest BCUT2D eigenvalue weighted by atomic mass is 10.1. The maximum absolute atomic E-state index is 12.8. The number of ether oxygens (including phenoxy) is 1. The molecule has 1 aromatic carbocycles. The fraction of sp³-hybridized carbons (Fsp3) is 0.500. The van der Waals surface area contributed by atoms with E-state index in [0.717, 1.165) is 29.8 Å². The summed E-state index contributed by atoms with van der Waals surface area (Å²) >= 11 is 0. The quantitative estimate of drug-likeness (QED) is 0.928. The van der Waals surface area contributed by atoms with Crippen LogP contribution in [0.1, 0.15) is 25.3 Å². The Balaban J connectivity index is 1.85. The monoisotopic (exact) mass is 304 g/mol. The van der Waals surface area contributed by atoms with Gasteiger partial charge in [-0.2, -0.15) is 0 Å². The van der Waals surface area contributed by atoms with Crippen LogP contribution in [0.15, 0.2) is 18.2 Å². The van der Waals surface area contributed by atoms with Gasteiger partial charge >= 0.3 is 6.09 Å². The summed E-state index contributed by atoms with van der Waals surface area (Å²) in [6.07, 6.45) is 1.07. The van der Waals surface area contributed by atoms with E-state index >= 15 is 0 Å². The Bertz CT molecular complexity index is 602. The van der Waals surface area contributed by atoms with Gasteiger partial charge in [0.2, 0.25) is 5.91 Å². The van der Waals surface area contributed by atoms with E-state index in [2.05, 4.69) is 0 Å². The Kier molecular flexibility index (Phi) is 3.92. The largest absolute Gasteiger partial charge is 0.494 e. The van der Waals surface area contributed by atoms with Gasteiger partial charge in [-0.3, -0.25) is 9.69 Å². The predicted octanol–water partition coefficient (Wildman–Crippen LogP) is 2.12. The number of carbonyl (C=O) groups is 2. The number of carbonyl (C=O) groups excluding carboxylic acids is 1. The van der Waals surface area contributed by atoms with Crippen LogP contribution in [0.2, 0.25) is 0 Å². The summed E-state index contributed by atoms with van der Waals surface area (Å²) in [5, 5.41) is 9.22. The normalized spacial score (nSPS) is 20.1. The number of nitrogens with zero attached hydrogens (tertiary/aromatic N) is 2. The second-order valence-electron chi connectivity index (χ2n) is 5.56. The average Bonchev–Trinajstić information content (AvgIpc) is 3.14. The lowest BCUT2D eigenvalue weighted by Gasteiger charge is -2.26. The second-order valence-corrected chi connectivity index (χ2v) is 5.56. The van der Waals surface area contributed by atoms with Crippen molar-refractivity contribution in [2.24, 2.45) is 0 Å². The topological polar surface area (TPSA) is 70.1 Å². The molecule has 6 nitrogen and oxygen atoms in total. The van der Waals surface area contributed by atoms with E-state index in [1.807, 2.05) is 25.1 Å². The lowest BCUT2D eigenvalue weighted by Crippen LogP contribution is -2.47. The number of hydrogen-bond donors (Lipinski definition) is 1. The van der Waals surface area contributed by atoms with Gasteiger partial charge in [-0.25, -0.2) is 4.79 Å². The van der Waals surface area contributed by atoms with Crippen LogP contribution in [0.3, 0.4) is 0 Å². The van der Waals surface area contributed by atoms with Crippen molar-refractivity contribution in [1.29, 1.82) is 0 Å². The zero-order chi connectivity index (χ0) is 15.7. The minimum Gasteiger partial charge on any atom is -0.494 e. The SMILES string of the molecule is CCOc1cccc2c1CCN2C(=O)C1CCCN1C(=O)O. The van der Waals surface area contributed by atoms with Crippen LogP contribution in [0.5, 0.6) is 5.75 Å². The van der Waals surface area contributed by atoms with Crippen molar-refractivity contribution >= 4 is 17.7 Å². The fourth-order valence-corrected chi connectivity index (χ4v) is 3.35. The molecule has 0 aliphatic carbocycles. The van der Waals surface area contributed by atoms with Crippen LogP contribution in [0.4, 0.5) is 10.5 Å². The number of likely N-dealkylation sites (tertiary alicyclic amines) is 1. The summed E-state index contributed by atoms with van der Waals surface area (Å²) in [5.41, 5.74) is 1.89. The average molecular weight is 304 g/mol. The van der Waals surface area contributed by atoms with E-state index in [9.17, 15) is 14.7 Å². The molecule has 2 amide bonds. The summed E-state index contributed by atoms with van der Waals surface area (Å²) in [7, 11) is 0. The molecule has 0 aromatic heterocycles. The Morgan fingerprint density at radius 2 is 2.18 bits per heavy atom. The van der Waals surface area contributed by atoms with Gasteiger partial charge in [-0.05, 0) is 38.3 Å². The first kappa shape index (κ1) is 14.7. The van der Waals surface area contributed by atoms with Crippen LogP contribution in [-0.2, 0) is 11.2 Å². The maximum atomic E-state index is 12.8. The first-order valence-electron chi connectivity index (χ1n) is 7.69. The van der Waals surface area contributed by atoms with Crippen molar-refractivity contribution in [3.05, 3.63) is 23.8 Å². The molecule has 6 heteroatoms. The number of hydrogen-bond acceptors (Lipinski definition) is 3. The summed E-state index contributed by atoms with van der Waals surface area (Å²) in [4.78, 5) is 27.0. The zero-order valence-electron chi connectivity index (χ0n) is 12.6. The number of carboxylic acid groups (broad SMARTS) is 1. The van der Waals surface area contributed by atoms with Crippen molar-refractivity contribution in [2.75, 3.05) is 24.6 Å². The van der Waals surface area contributed by atoms with Gasteiger partial charge in [0.25, 0.3) is 0 Å². The number of fused-ring (bicyclic) bond motifs is 1. The molecule has 118 valence electrons. The highest BCUT2D eigenvalue weighted by atomic mass is 16.5. The van der Waals surface area contributed by atoms with Gasteiger partial charge in [0, 0.05) is 18.7 Å². The molecule has 2 aliphatic rings. The van der Waals surface area contributed by atoms with Crippen LogP contribution in [0.25, 0.3) is 0 Å². The molecule has 2 aliphatic heterocycles. The van der Waals surface area contributed by atoms with Gasteiger partial charge in [0.1, 0.15) is 11.8 Å². The van der Waals surface area contributed by atoms with Gasteiger partial charge in [-0.1, -0.05) is 6.07 Å². The third-order valence-corrected chi connectivity index (χ3v) is 4.33. The van der Waals surface area contributed by atoms with Crippen molar-refractivity contribution < 1.29 is 19.4 Å². The zero-order valence-corrected chi connectivity index (χ0v) is 12.6. The molecule has 1 aromatic rings. The molecular formula is C16H20N2O4. The number of amides is 2. The van der Waals surface area contributed by atoms with E-state index in [-0.39, 0.29) is 5.91 Å². The Hall–Kier alpha value is -2.24. The lowest BCUT2D eigenvalue weighted by molar-refractivity contribution is -0.122. The minimum absolute atomic E-state index is 0.118. The molecule has 1 fully saturated rings. The molecular weight excluding hydrogens is 284 g/mol. The van der Waals surface area contributed by atoms with E-state index in [1.54, 1.807) is 4.90 Å². The maximum Gasteiger partial charge on any atom is 0.407 e. The third-order valence-electron chi connectivity index (χ3n) is 4.33. The molecule has 1 unspecified atom stereocenters. The van der Waals surface area contributed by atoms with E-state index in [0.29, 0.717) is 26.1 Å². The Morgan fingerprint density at radius 1 is 1.36 bits per heavy atom. The smallest absolute Gasteiger partial charge is 0.407 e. The third kappa shape index (κ3) is 2.38. The number of benzene rings is 1. The van der Waals surface area contributed by atoms with Crippen molar-refractivity contribution in [3.8, 4) is 5.75 Å². The molecule has 1 N–H and O–H groups in total. The highest BCUT2D eigenvalue weighted by Gasteiger charge is 2.39. The molecule has 0 saturated carbocycles. The van der Waals surface area contributed by atoms with Gasteiger partial charge < -0.3 is 14.7 Å². The molecule has 2 heterocycles. The molecule has 1 atom stereocenters. The van der Waals surface area contributed by atoms with E-state index in [4.69, 9.17) is 4.74 Å². The Morgan fingerprint density at radius 3 is 2.91 bits per heavy atom. The fourth-order valence-electron chi connectivity index (χ4n) is 3.35. The van der Waals surface area contributed by atoms with Gasteiger partial charge in [0.15, 0.2) is 0 Å². The molecule has 1 saturated heterocycles. The van der Waals surface area contributed by atoms with Gasteiger partial charge in [-0.15, -0.1) is 0 Å². The van der Waals surface area contributed by atoms with Crippen LogP contribution < -0.4 is 9.64 Å². The van der Waals surface area contributed by atoms with Gasteiger partial charge in [0.05, 0.1) is 12.3 Å². The van der Waals surface area contributed by atoms with Crippen LogP contribution >= 0.6 is 0 Å². The Labute approximate surface area is 129 Å². The molecule has 22 heavy (non-hydrogen) atoms. The standard InChI is InChI=1S/C16H20N2O4/c1-2-22-14-7-3-5-12-11(14)8-10-17(12)15(19)13-6-4-9-18(13)16(20)21/h3,5,7,13H,2,4,6,8-10H2,1H3,(H,20,21). The summed E-state index contributed by atoms with van der Waals surface area (Å²) in [6, 6.07) is 5.14. The van der Waals surface area contributed by atoms with Crippen LogP contribution in [-0.4, -0.2) is 47.7 Å². The van der Waals surface area contributed by atoms with E-state index in [1.165, 1.54) is 4.90 Å². The van der Waals surface area contributed by atoms with Crippen LogP contribution in [0, 0.1) is 0 Å². The molecule has 3 rings (SSSR count). The van der Waals surface area contributed by atoms with Crippen molar-refractivity contribution in [1.82, 2.24) is 4.90 Å². The van der Waals surface area contributed by atoms with Crippen molar-refractivity contribution in [2.45, 2.75) is 32.2 Å². The van der Waals surface area contributed by atoms with E-state index < -0.39 is 12.1 Å². The number of rotatable bonds is 3. The first-order valence-corrected chi connectivity index (χ1v) is 7.69. The minimum atomic E-state index is -1.02. The predicted molar refractivity (Wildman–Crippen MR) is 81.4 cm³/mol. The highest BCUT2D eigenvalue weighted by molar-refractivity contribution is 6.00. The summed E-state index contributed by atoms with van der Waals surface area (Å²) in [6.45, 7) is 3.54. The number of anilines is 1. The van der Waals surface area contributed by atoms with Crippen molar-refractivity contribution in [3.63, 3.8) is 0 Å². The second kappa shape index (κ2) is 5.87. The highest BCUT2D eigenvalue weighted by Crippen LogP contribution is 2.36. The summed E-state index contributed by atoms with van der Waals surface area (Å²) in [5.74, 6) is 0.698. The molecule has 0 bridgehead atoms. The first-order chi connectivity index (χ1) is 10.6. The molecule has 0 spiro atoms.